The molecule has 1 heterocycles. The van der Waals surface area contributed by atoms with Gasteiger partial charge in [0, 0.05) is 0 Å². The highest BCUT2D eigenvalue weighted by molar-refractivity contribution is 5.15. The van der Waals surface area contributed by atoms with Crippen LogP contribution in [0.1, 0.15) is 12.0 Å². The van der Waals surface area contributed by atoms with Crippen LogP contribution < -0.4 is 0 Å². The fraction of sp³-hybridized carbons (Fsp3) is 0.273. The van der Waals surface area contributed by atoms with E-state index in [0.717, 1.165) is 12.8 Å². The lowest BCUT2D eigenvalue weighted by molar-refractivity contribution is 0.558. The topological polar surface area (TPSA) is 13.1 Å². The summed E-state index contributed by atoms with van der Waals surface area (Å²) in [6.07, 6.45) is 14.5. The van der Waals surface area contributed by atoms with Crippen molar-refractivity contribution in [3.05, 3.63) is 48.5 Å². The van der Waals surface area contributed by atoms with E-state index < -0.39 is 0 Å². The van der Waals surface area contributed by atoms with Gasteiger partial charge in [-0.1, -0.05) is 24.3 Å². The van der Waals surface area contributed by atoms with Gasteiger partial charge in [-0.3, -0.25) is 0 Å². The molecule has 0 aliphatic heterocycles. The molecule has 0 saturated carbocycles. The lowest BCUT2D eigenvalue weighted by atomic mass is 9.95. The molecule has 1 nitrogen and oxygen atoms in total. The van der Waals surface area contributed by atoms with Crippen LogP contribution in [0.5, 0.6) is 0 Å². The first-order valence-corrected chi connectivity index (χ1v) is 4.29. The van der Waals surface area contributed by atoms with Crippen molar-refractivity contribution in [1.29, 1.82) is 0 Å². The van der Waals surface area contributed by atoms with Gasteiger partial charge in [-0.05, 0) is 30.4 Å². The second-order valence-electron chi connectivity index (χ2n) is 3.14. The smallest absolute Gasteiger partial charge is 0.0934 e. The minimum absolute atomic E-state index is 0.660. The molecule has 1 heteroatoms. The minimum atomic E-state index is 0.660. The third kappa shape index (κ3) is 1.67. The first-order valence-electron chi connectivity index (χ1n) is 4.29. The van der Waals surface area contributed by atoms with Crippen LogP contribution in [-0.2, 0) is 6.42 Å². The molecule has 0 spiro atoms. The lowest BCUT2D eigenvalue weighted by Crippen LogP contribution is -2.00. The van der Waals surface area contributed by atoms with Crippen molar-refractivity contribution in [1.82, 2.24) is 0 Å². The molecule has 1 atom stereocenters. The third-order valence-corrected chi connectivity index (χ3v) is 2.15. The number of hydrogen-bond donors (Lipinski definition) is 0. The molecule has 1 aromatic heterocycles. The fourth-order valence-electron chi connectivity index (χ4n) is 1.49. The molecule has 0 aromatic carbocycles. The number of hydrogen-bond acceptors (Lipinski definition) is 1. The average Bonchev–Trinajstić information content (AvgIpc) is 2.59. The molecule has 0 amide bonds. The van der Waals surface area contributed by atoms with Gasteiger partial charge >= 0.3 is 0 Å². The van der Waals surface area contributed by atoms with E-state index in [9.17, 15) is 0 Å². The van der Waals surface area contributed by atoms with Gasteiger partial charge in [0.05, 0.1) is 12.5 Å². The Bertz CT molecular complexity index is 280. The maximum absolute atomic E-state index is 5.01. The molecule has 0 fully saturated rings. The van der Waals surface area contributed by atoms with Crippen LogP contribution in [0.3, 0.4) is 0 Å². The molecule has 0 radical (unpaired) electrons. The van der Waals surface area contributed by atoms with E-state index in [0.29, 0.717) is 5.92 Å². The highest BCUT2D eigenvalue weighted by Crippen LogP contribution is 2.17. The maximum Gasteiger partial charge on any atom is 0.0934 e. The van der Waals surface area contributed by atoms with Crippen LogP contribution in [0.15, 0.2) is 47.3 Å². The van der Waals surface area contributed by atoms with Crippen molar-refractivity contribution < 1.29 is 4.42 Å². The van der Waals surface area contributed by atoms with Gasteiger partial charge < -0.3 is 4.42 Å². The van der Waals surface area contributed by atoms with Crippen LogP contribution in [-0.4, -0.2) is 0 Å². The Morgan fingerprint density at radius 3 is 3.08 bits per heavy atom. The first-order chi connectivity index (χ1) is 5.95. The normalized spacial score (nSPS) is 21.5. The zero-order valence-corrected chi connectivity index (χ0v) is 6.94. The zero-order valence-electron chi connectivity index (χ0n) is 6.94. The second-order valence-corrected chi connectivity index (χ2v) is 3.14. The quantitative estimate of drug-likeness (QED) is 0.648. The lowest BCUT2D eigenvalue weighted by Gasteiger charge is -2.10. The Morgan fingerprint density at radius 1 is 1.42 bits per heavy atom. The van der Waals surface area contributed by atoms with E-state index in [4.69, 9.17) is 4.42 Å². The van der Waals surface area contributed by atoms with E-state index in [1.54, 1.807) is 6.26 Å². The van der Waals surface area contributed by atoms with Crippen LogP contribution in [0.2, 0.25) is 0 Å². The van der Waals surface area contributed by atoms with Crippen LogP contribution in [0.25, 0.3) is 0 Å². The number of furan rings is 1. The summed E-state index contributed by atoms with van der Waals surface area (Å²) in [4.78, 5) is 0. The highest BCUT2D eigenvalue weighted by atomic mass is 16.3. The van der Waals surface area contributed by atoms with E-state index in [1.807, 2.05) is 12.3 Å². The summed E-state index contributed by atoms with van der Waals surface area (Å²) in [7, 11) is 0. The van der Waals surface area contributed by atoms with Gasteiger partial charge in [0.1, 0.15) is 0 Å². The second kappa shape index (κ2) is 3.44. The van der Waals surface area contributed by atoms with Crippen LogP contribution >= 0.6 is 0 Å². The molecule has 0 bridgehead atoms. The van der Waals surface area contributed by atoms with Gasteiger partial charge in [0.25, 0.3) is 0 Å². The molecular weight excluding hydrogens is 148 g/mol. The first kappa shape index (κ1) is 7.41. The minimum Gasteiger partial charge on any atom is -0.472 e. The van der Waals surface area contributed by atoms with Crippen molar-refractivity contribution in [2.45, 2.75) is 12.8 Å². The van der Waals surface area contributed by atoms with Gasteiger partial charge in [-0.25, -0.2) is 0 Å². The largest absolute Gasteiger partial charge is 0.472 e. The summed E-state index contributed by atoms with van der Waals surface area (Å²) >= 11 is 0. The van der Waals surface area contributed by atoms with E-state index in [1.165, 1.54) is 5.56 Å². The Hall–Kier alpha value is -1.24. The van der Waals surface area contributed by atoms with Crippen molar-refractivity contribution in [2.75, 3.05) is 0 Å². The molecule has 1 unspecified atom stereocenters. The van der Waals surface area contributed by atoms with Gasteiger partial charge in [0.15, 0.2) is 0 Å². The maximum atomic E-state index is 5.01. The molecular formula is C11H12O. The van der Waals surface area contributed by atoms with E-state index >= 15 is 0 Å². The van der Waals surface area contributed by atoms with Crippen molar-refractivity contribution in [2.24, 2.45) is 5.92 Å². The standard InChI is InChI=1S/C11H12O/c1-2-4-10(5-3-1)8-11-6-7-12-9-11/h1-4,6-7,9-10H,5,8H2. The summed E-state index contributed by atoms with van der Waals surface area (Å²) in [5.74, 6) is 0.660. The highest BCUT2D eigenvalue weighted by Gasteiger charge is 2.06. The summed E-state index contributed by atoms with van der Waals surface area (Å²) in [5, 5.41) is 0. The summed E-state index contributed by atoms with van der Waals surface area (Å²) in [5.41, 5.74) is 1.29. The van der Waals surface area contributed by atoms with E-state index in [-0.39, 0.29) is 0 Å². The number of rotatable bonds is 2. The summed E-state index contributed by atoms with van der Waals surface area (Å²) < 4.78 is 5.01. The van der Waals surface area contributed by atoms with E-state index in [2.05, 4.69) is 24.3 Å². The van der Waals surface area contributed by atoms with Crippen LogP contribution in [0, 0.1) is 5.92 Å². The molecule has 0 saturated heterocycles. The van der Waals surface area contributed by atoms with Gasteiger partial charge in [-0.15, -0.1) is 0 Å². The van der Waals surface area contributed by atoms with Crippen molar-refractivity contribution >= 4 is 0 Å². The molecule has 1 aliphatic carbocycles. The Morgan fingerprint density at radius 2 is 2.42 bits per heavy atom. The Balaban J connectivity index is 1.96. The monoisotopic (exact) mass is 160 g/mol. The molecule has 1 aliphatic rings. The Kier molecular flexibility index (Phi) is 2.12. The zero-order chi connectivity index (χ0) is 8.23. The molecule has 0 N–H and O–H groups in total. The molecule has 12 heavy (non-hydrogen) atoms. The number of allylic oxidation sites excluding steroid dienone is 4. The summed E-state index contributed by atoms with van der Waals surface area (Å²) in [6.45, 7) is 0. The van der Waals surface area contributed by atoms with Gasteiger partial charge in [0.2, 0.25) is 0 Å². The molecule has 1 aromatic rings. The predicted octanol–water partition coefficient (Wildman–Crippen LogP) is 2.95. The van der Waals surface area contributed by atoms with Crippen molar-refractivity contribution in [3.8, 4) is 0 Å². The summed E-state index contributed by atoms with van der Waals surface area (Å²) in [6, 6.07) is 2.03. The third-order valence-electron chi connectivity index (χ3n) is 2.15. The van der Waals surface area contributed by atoms with Crippen molar-refractivity contribution in [3.63, 3.8) is 0 Å². The molecule has 62 valence electrons. The SMILES string of the molecule is C1=CCC(Cc2ccoc2)C=C1. The van der Waals surface area contributed by atoms with Gasteiger partial charge in [-0.2, -0.15) is 0 Å². The fourth-order valence-corrected chi connectivity index (χ4v) is 1.49. The Labute approximate surface area is 72.4 Å². The average molecular weight is 160 g/mol. The van der Waals surface area contributed by atoms with Crippen LogP contribution in [0.4, 0.5) is 0 Å². The molecule has 2 rings (SSSR count). The predicted molar refractivity (Wildman–Crippen MR) is 48.8 cm³/mol.